The molecular formula is C11H12N2O2. The quantitative estimate of drug-likeness (QED) is 0.793. The molecule has 0 saturated carbocycles. The zero-order valence-corrected chi connectivity index (χ0v) is 8.18. The van der Waals surface area contributed by atoms with Gasteiger partial charge >= 0.3 is 0 Å². The zero-order chi connectivity index (χ0) is 10.5. The monoisotopic (exact) mass is 204 g/mol. The fourth-order valence-electron chi connectivity index (χ4n) is 1.23. The largest absolute Gasteiger partial charge is 0.486 e. The van der Waals surface area contributed by atoms with Crippen molar-refractivity contribution in [2.24, 2.45) is 0 Å². The maximum Gasteiger partial charge on any atom is 0.146 e. The molecule has 0 amide bonds. The average Bonchev–Trinajstić information content (AvgIpc) is 2.76. The number of rotatable bonds is 4. The van der Waals surface area contributed by atoms with Crippen molar-refractivity contribution in [2.45, 2.75) is 13.2 Å². The summed E-state index contributed by atoms with van der Waals surface area (Å²) in [4.78, 5) is 7.01. The Morgan fingerprint density at radius 1 is 1.27 bits per heavy atom. The lowest BCUT2D eigenvalue weighted by molar-refractivity contribution is 0.274. The third-order valence-corrected chi connectivity index (χ3v) is 1.97. The molecule has 4 nitrogen and oxygen atoms in total. The Morgan fingerprint density at radius 3 is 2.73 bits per heavy atom. The van der Waals surface area contributed by atoms with Gasteiger partial charge in [-0.3, -0.25) is 0 Å². The fraction of sp³-hybridized carbons (Fsp3) is 0.182. The highest BCUT2D eigenvalue weighted by Crippen LogP contribution is 2.10. The molecule has 1 heterocycles. The number of aliphatic hydroxyl groups is 1. The first-order chi connectivity index (χ1) is 7.38. The summed E-state index contributed by atoms with van der Waals surface area (Å²) >= 11 is 0. The highest BCUT2D eigenvalue weighted by atomic mass is 16.5. The van der Waals surface area contributed by atoms with E-state index >= 15 is 0 Å². The number of nitrogens with zero attached hydrogens (tertiary/aromatic N) is 1. The highest BCUT2D eigenvalue weighted by Gasteiger charge is 2.00. The number of ether oxygens (including phenoxy) is 1. The number of H-pyrrole nitrogens is 1. The van der Waals surface area contributed by atoms with Gasteiger partial charge in [-0.05, 0) is 12.1 Å². The molecule has 78 valence electrons. The van der Waals surface area contributed by atoms with Crippen LogP contribution in [0.1, 0.15) is 11.5 Å². The molecular weight excluding hydrogens is 192 g/mol. The van der Waals surface area contributed by atoms with Crippen LogP contribution in [0.25, 0.3) is 0 Å². The van der Waals surface area contributed by atoms with Crippen molar-refractivity contribution in [1.82, 2.24) is 9.97 Å². The van der Waals surface area contributed by atoms with Crippen molar-refractivity contribution >= 4 is 0 Å². The van der Waals surface area contributed by atoms with Crippen LogP contribution in [0.15, 0.2) is 36.5 Å². The van der Waals surface area contributed by atoms with E-state index in [1.165, 1.54) is 0 Å². The lowest BCUT2D eigenvalue weighted by Gasteiger charge is -2.02. The molecule has 0 aliphatic rings. The summed E-state index contributed by atoms with van der Waals surface area (Å²) in [5.41, 5.74) is 0.696. The number of aliphatic hydroxyl groups excluding tert-OH is 1. The molecule has 0 bridgehead atoms. The summed E-state index contributed by atoms with van der Waals surface area (Å²) in [7, 11) is 0. The van der Waals surface area contributed by atoms with E-state index in [-0.39, 0.29) is 6.61 Å². The van der Waals surface area contributed by atoms with Gasteiger partial charge in [-0.1, -0.05) is 18.2 Å². The summed E-state index contributed by atoms with van der Waals surface area (Å²) in [6.07, 6.45) is 1.60. The van der Waals surface area contributed by atoms with E-state index in [0.717, 1.165) is 5.75 Å². The van der Waals surface area contributed by atoms with Crippen LogP contribution < -0.4 is 4.74 Å². The number of aromatic amines is 1. The normalized spacial score (nSPS) is 10.2. The first-order valence-corrected chi connectivity index (χ1v) is 4.70. The minimum absolute atomic E-state index is 0.0294. The minimum Gasteiger partial charge on any atom is -0.486 e. The van der Waals surface area contributed by atoms with Crippen LogP contribution in [-0.2, 0) is 13.2 Å². The first kappa shape index (κ1) is 9.73. The van der Waals surface area contributed by atoms with Gasteiger partial charge in [0.1, 0.15) is 18.2 Å². The van der Waals surface area contributed by atoms with Gasteiger partial charge in [-0.25, -0.2) is 4.98 Å². The number of hydrogen-bond acceptors (Lipinski definition) is 3. The molecule has 0 aliphatic heterocycles. The van der Waals surface area contributed by atoms with Crippen molar-refractivity contribution in [3.05, 3.63) is 48.0 Å². The zero-order valence-electron chi connectivity index (χ0n) is 8.18. The number of imidazole rings is 1. The van der Waals surface area contributed by atoms with E-state index in [2.05, 4.69) is 9.97 Å². The summed E-state index contributed by atoms with van der Waals surface area (Å²) < 4.78 is 5.47. The van der Waals surface area contributed by atoms with E-state index < -0.39 is 0 Å². The van der Waals surface area contributed by atoms with Crippen LogP contribution in [0.3, 0.4) is 0 Å². The van der Waals surface area contributed by atoms with E-state index in [4.69, 9.17) is 9.84 Å². The molecule has 0 atom stereocenters. The van der Waals surface area contributed by atoms with Gasteiger partial charge in [0.25, 0.3) is 0 Å². The molecule has 2 rings (SSSR count). The van der Waals surface area contributed by atoms with E-state index in [9.17, 15) is 0 Å². The third kappa shape index (κ3) is 2.57. The molecule has 2 N–H and O–H groups in total. The Kier molecular flexibility index (Phi) is 2.99. The lowest BCUT2D eigenvalue weighted by atomic mass is 10.3. The minimum atomic E-state index is -0.0294. The summed E-state index contributed by atoms with van der Waals surface area (Å²) in [5.74, 6) is 1.52. The van der Waals surface area contributed by atoms with Gasteiger partial charge in [0, 0.05) is 0 Å². The molecule has 4 heteroatoms. The second kappa shape index (κ2) is 4.61. The molecule has 0 aliphatic carbocycles. The number of nitrogens with one attached hydrogen (secondary N) is 1. The number of hydrogen-bond donors (Lipinski definition) is 2. The summed E-state index contributed by atoms with van der Waals surface area (Å²) in [5, 5.41) is 8.82. The summed E-state index contributed by atoms with van der Waals surface area (Å²) in [6, 6.07) is 9.53. The van der Waals surface area contributed by atoms with Gasteiger partial charge < -0.3 is 14.8 Å². The maximum absolute atomic E-state index is 8.82. The Morgan fingerprint density at radius 2 is 2.07 bits per heavy atom. The van der Waals surface area contributed by atoms with E-state index in [0.29, 0.717) is 18.1 Å². The molecule has 0 spiro atoms. The lowest BCUT2D eigenvalue weighted by Crippen LogP contribution is -1.97. The molecule has 0 saturated heterocycles. The molecule has 2 aromatic rings. The van der Waals surface area contributed by atoms with Crippen molar-refractivity contribution in [3.63, 3.8) is 0 Å². The number of aromatic nitrogens is 2. The maximum atomic E-state index is 8.82. The topological polar surface area (TPSA) is 58.1 Å². The van der Waals surface area contributed by atoms with Crippen LogP contribution in [0.4, 0.5) is 0 Å². The van der Waals surface area contributed by atoms with Crippen LogP contribution in [0.2, 0.25) is 0 Å². The van der Waals surface area contributed by atoms with E-state index in [1.807, 2.05) is 30.3 Å². The van der Waals surface area contributed by atoms with Crippen molar-refractivity contribution in [1.29, 1.82) is 0 Å². The SMILES string of the molecule is OCc1cnc(COc2ccccc2)[nH]1. The smallest absolute Gasteiger partial charge is 0.146 e. The van der Waals surface area contributed by atoms with Crippen molar-refractivity contribution in [3.8, 4) is 5.75 Å². The van der Waals surface area contributed by atoms with Crippen molar-refractivity contribution < 1.29 is 9.84 Å². The average molecular weight is 204 g/mol. The Balaban J connectivity index is 1.93. The second-order valence-corrected chi connectivity index (χ2v) is 3.11. The molecule has 0 radical (unpaired) electrons. The van der Waals surface area contributed by atoms with Gasteiger partial charge in [0.2, 0.25) is 0 Å². The molecule has 1 aromatic carbocycles. The van der Waals surface area contributed by atoms with E-state index in [1.54, 1.807) is 6.20 Å². The van der Waals surface area contributed by atoms with Crippen LogP contribution in [-0.4, -0.2) is 15.1 Å². The molecule has 0 fully saturated rings. The number of para-hydroxylation sites is 1. The first-order valence-electron chi connectivity index (χ1n) is 4.70. The fourth-order valence-corrected chi connectivity index (χ4v) is 1.23. The Hall–Kier alpha value is -1.81. The Labute approximate surface area is 87.6 Å². The standard InChI is InChI=1S/C11H12N2O2/c14-7-9-6-12-11(13-9)8-15-10-4-2-1-3-5-10/h1-6,14H,7-8H2,(H,12,13). The Bertz CT molecular complexity index is 412. The molecule has 15 heavy (non-hydrogen) atoms. The van der Waals surface area contributed by atoms with Gasteiger partial charge in [-0.2, -0.15) is 0 Å². The van der Waals surface area contributed by atoms with Crippen molar-refractivity contribution in [2.75, 3.05) is 0 Å². The summed E-state index contributed by atoms with van der Waals surface area (Å²) in [6.45, 7) is 0.350. The predicted octanol–water partition coefficient (Wildman–Crippen LogP) is 1.48. The van der Waals surface area contributed by atoms with Crippen LogP contribution >= 0.6 is 0 Å². The van der Waals surface area contributed by atoms with Gasteiger partial charge in [0.05, 0.1) is 18.5 Å². The van der Waals surface area contributed by atoms with Crippen LogP contribution in [0.5, 0.6) is 5.75 Å². The highest BCUT2D eigenvalue weighted by molar-refractivity contribution is 5.21. The molecule has 0 unspecified atom stereocenters. The number of benzene rings is 1. The van der Waals surface area contributed by atoms with Crippen LogP contribution in [0, 0.1) is 0 Å². The second-order valence-electron chi connectivity index (χ2n) is 3.11. The molecule has 1 aromatic heterocycles. The third-order valence-electron chi connectivity index (χ3n) is 1.97. The van der Waals surface area contributed by atoms with Gasteiger partial charge in [-0.15, -0.1) is 0 Å². The van der Waals surface area contributed by atoms with Gasteiger partial charge in [0.15, 0.2) is 0 Å². The predicted molar refractivity (Wildman–Crippen MR) is 55.3 cm³/mol.